The summed E-state index contributed by atoms with van der Waals surface area (Å²) in [6.45, 7) is -0.478. The average molecular weight is 225 g/mol. The first-order valence-electron chi connectivity index (χ1n) is 4.41. The van der Waals surface area contributed by atoms with Gasteiger partial charge in [-0.1, -0.05) is 0 Å². The molecule has 0 atom stereocenters. The van der Waals surface area contributed by atoms with Crippen LogP contribution in [-0.2, 0) is 4.79 Å². The highest BCUT2D eigenvalue weighted by Crippen LogP contribution is 2.23. The van der Waals surface area contributed by atoms with Gasteiger partial charge in [-0.2, -0.15) is 0 Å². The second-order valence-electron chi connectivity index (χ2n) is 3.26. The minimum atomic E-state index is -1.16. The lowest BCUT2D eigenvalue weighted by molar-refractivity contribution is -0.137. The first kappa shape index (κ1) is 11.8. The highest BCUT2D eigenvalue weighted by atomic mass is 16.4. The molecule has 1 aromatic rings. The van der Waals surface area contributed by atoms with E-state index in [1.165, 1.54) is 13.1 Å². The van der Waals surface area contributed by atoms with Gasteiger partial charge in [0.15, 0.2) is 0 Å². The van der Waals surface area contributed by atoms with Gasteiger partial charge in [-0.25, -0.2) is 0 Å². The number of phenolic OH excluding ortho intramolecular Hbond substituents is 2. The molecule has 86 valence electrons. The van der Waals surface area contributed by atoms with Crippen molar-refractivity contribution in [3.8, 4) is 11.5 Å². The third-order valence-electron chi connectivity index (χ3n) is 1.93. The summed E-state index contributed by atoms with van der Waals surface area (Å²) in [7, 11) is 1.29. The van der Waals surface area contributed by atoms with Crippen molar-refractivity contribution in [1.29, 1.82) is 0 Å². The second-order valence-corrected chi connectivity index (χ2v) is 3.26. The number of amides is 1. The molecule has 0 aromatic heterocycles. The average Bonchev–Trinajstić information content (AvgIpc) is 2.19. The molecule has 0 aliphatic rings. The van der Waals surface area contributed by atoms with Gasteiger partial charge >= 0.3 is 5.97 Å². The van der Waals surface area contributed by atoms with Crippen LogP contribution in [0.1, 0.15) is 10.4 Å². The van der Waals surface area contributed by atoms with Crippen LogP contribution in [0.4, 0.5) is 0 Å². The van der Waals surface area contributed by atoms with Crippen molar-refractivity contribution >= 4 is 11.9 Å². The number of nitrogens with zero attached hydrogens (tertiary/aromatic N) is 1. The molecule has 0 radical (unpaired) electrons. The highest BCUT2D eigenvalue weighted by Gasteiger charge is 2.18. The minimum Gasteiger partial charge on any atom is -0.508 e. The van der Waals surface area contributed by atoms with E-state index in [1.54, 1.807) is 0 Å². The van der Waals surface area contributed by atoms with E-state index in [1.807, 2.05) is 0 Å². The number of carboxylic acid groups (broad SMARTS) is 1. The molecule has 1 rings (SSSR count). The lowest BCUT2D eigenvalue weighted by atomic mass is 10.1. The Balaban J connectivity index is 2.95. The summed E-state index contributed by atoms with van der Waals surface area (Å²) in [5, 5.41) is 27.0. The smallest absolute Gasteiger partial charge is 0.323 e. The van der Waals surface area contributed by atoms with E-state index < -0.39 is 18.4 Å². The van der Waals surface area contributed by atoms with Crippen LogP contribution in [-0.4, -0.2) is 45.7 Å². The Labute approximate surface area is 91.4 Å². The van der Waals surface area contributed by atoms with Gasteiger partial charge in [0.1, 0.15) is 18.0 Å². The fourth-order valence-corrected chi connectivity index (χ4v) is 1.18. The monoisotopic (exact) mass is 225 g/mol. The maximum atomic E-state index is 11.6. The molecule has 0 aliphatic carbocycles. The van der Waals surface area contributed by atoms with E-state index in [4.69, 9.17) is 10.2 Å². The summed E-state index contributed by atoms with van der Waals surface area (Å²) < 4.78 is 0. The van der Waals surface area contributed by atoms with E-state index in [9.17, 15) is 14.7 Å². The second kappa shape index (κ2) is 4.52. The van der Waals surface area contributed by atoms with Crippen LogP contribution >= 0.6 is 0 Å². The quantitative estimate of drug-likeness (QED) is 0.641. The lowest BCUT2D eigenvalue weighted by Gasteiger charge is -2.15. The summed E-state index contributed by atoms with van der Waals surface area (Å²) in [5.74, 6) is -2.31. The number of carbonyl (C=O) groups is 2. The minimum absolute atomic E-state index is 0.135. The Morgan fingerprint density at radius 2 is 1.94 bits per heavy atom. The summed E-state index contributed by atoms with van der Waals surface area (Å²) in [6.07, 6.45) is 0. The Hall–Kier alpha value is -2.24. The number of phenols is 2. The van der Waals surface area contributed by atoms with Crippen LogP contribution in [0.2, 0.25) is 0 Å². The van der Waals surface area contributed by atoms with Crippen LogP contribution < -0.4 is 0 Å². The molecular weight excluding hydrogens is 214 g/mol. The molecule has 0 unspecified atom stereocenters. The number of hydrogen-bond acceptors (Lipinski definition) is 4. The number of hydrogen-bond donors (Lipinski definition) is 3. The number of rotatable bonds is 3. The number of benzene rings is 1. The first-order valence-corrected chi connectivity index (χ1v) is 4.41. The standard InChI is InChI=1S/C10H11NO5/c1-11(5-9(14)15)10(16)7-4-6(12)2-3-8(7)13/h2-4,12-13H,5H2,1H3,(H,14,15). The van der Waals surface area contributed by atoms with Crippen molar-refractivity contribution in [2.45, 2.75) is 0 Å². The van der Waals surface area contributed by atoms with Crippen LogP contribution in [0.15, 0.2) is 18.2 Å². The molecule has 16 heavy (non-hydrogen) atoms. The van der Waals surface area contributed by atoms with Gasteiger partial charge in [-0.15, -0.1) is 0 Å². The SMILES string of the molecule is CN(CC(=O)O)C(=O)c1cc(O)ccc1O. The molecule has 0 saturated heterocycles. The summed E-state index contributed by atoms with van der Waals surface area (Å²) >= 11 is 0. The maximum Gasteiger partial charge on any atom is 0.323 e. The molecule has 0 heterocycles. The Bertz CT molecular complexity index is 429. The molecule has 1 aromatic carbocycles. The third kappa shape index (κ3) is 2.63. The van der Waals surface area contributed by atoms with Crippen molar-refractivity contribution in [3.05, 3.63) is 23.8 Å². The van der Waals surface area contributed by atoms with Crippen LogP contribution in [0.25, 0.3) is 0 Å². The first-order chi connectivity index (χ1) is 7.41. The Morgan fingerprint density at radius 1 is 1.31 bits per heavy atom. The fourth-order valence-electron chi connectivity index (χ4n) is 1.18. The van der Waals surface area contributed by atoms with Gasteiger partial charge in [0, 0.05) is 7.05 Å². The molecule has 1 amide bonds. The molecule has 0 saturated carbocycles. The zero-order valence-corrected chi connectivity index (χ0v) is 8.54. The largest absolute Gasteiger partial charge is 0.508 e. The molecule has 0 aliphatic heterocycles. The van der Waals surface area contributed by atoms with Gasteiger partial charge in [-0.05, 0) is 18.2 Å². The predicted molar refractivity (Wildman–Crippen MR) is 54.4 cm³/mol. The van der Waals surface area contributed by atoms with E-state index in [-0.39, 0.29) is 17.1 Å². The van der Waals surface area contributed by atoms with Crippen molar-refractivity contribution in [2.75, 3.05) is 13.6 Å². The van der Waals surface area contributed by atoms with Crippen molar-refractivity contribution in [2.24, 2.45) is 0 Å². The number of aliphatic carboxylic acids is 1. The maximum absolute atomic E-state index is 11.6. The molecule has 6 heteroatoms. The Kier molecular flexibility index (Phi) is 3.34. The molecule has 0 bridgehead atoms. The van der Waals surface area contributed by atoms with Crippen LogP contribution in [0.5, 0.6) is 11.5 Å². The molecule has 0 fully saturated rings. The van der Waals surface area contributed by atoms with E-state index >= 15 is 0 Å². The summed E-state index contributed by atoms with van der Waals surface area (Å²) in [4.78, 5) is 23.0. The third-order valence-corrected chi connectivity index (χ3v) is 1.93. The van der Waals surface area contributed by atoms with Gasteiger partial charge in [0.05, 0.1) is 5.56 Å². The molecular formula is C10H11NO5. The number of aromatic hydroxyl groups is 2. The number of carboxylic acids is 1. The number of carbonyl (C=O) groups excluding carboxylic acids is 1. The highest BCUT2D eigenvalue weighted by molar-refractivity contribution is 5.98. The lowest BCUT2D eigenvalue weighted by Crippen LogP contribution is -2.31. The van der Waals surface area contributed by atoms with E-state index in [0.717, 1.165) is 17.0 Å². The van der Waals surface area contributed by atoms with Gasteiger partial charge in [-0.3, -0.25) is 9.59 Å². The normalized spacial score (nSPS) is 9.81. The van der Waals surface area contributed by atoms with Gasteiger partial charge in [0.25, 0.3) is 5.91 Å². The van der Waals surface area contributed by atoms with Gasteiger partial charge in [0.2, 0.25) is 0 Å². The van der Waals surface area contributed by atoms with Crippen molar-refractivity contribution < 1.29 is 24.9 Å². The van der Waals surface area contributed by atoms with Crippen molar-refractivity contribution in [1.82, 2.24) is 4.90 Å². The van der Waals surface area contributed by atoms with Crippen LogP contribution in [0.3, 0.4) is 0 Å². The van der Waals surface area contributed by atoms with Crippen LogP contribution in [0, 0.1) is 0 Å². The topological polar surface area (TPSA) is 98.1 Å². The summed E-state index contributed by atoms with van der Waals surface area (Å²) in [5.41, 5.74) is -0.135. The Morgan fingerprint density at radius 3 is 2.50 bits per heavy atom. The molecule has 3 N–H and O–H groups in total. The fraction of sp³-hybridized carbons (Fsp3) is 0.200. The zero-order chi connectivity index (χ0) is 12.3. The number of likely N-dealkylation sites (N-methyl/N-ethyl adjacent to an activating group) is 1. The van der Waals surface area contributed by atoms with Gasteiger partial charge < -0.3 is 20.2 Å². The zero-order valence-electron chi connectivity index (χ0n) is 8.54. The molecule has 0 spiro atoms. The van der Waals surface area contributed by atoms with Crippen molar-refractivity contribution in [3.63, 3.8) is 0 Å². The van der Waals surface area contributed by atoms with E-state index in [2.05, 4.69) is 0 Å². The summed E-state index contributed by atoms with van der Waals surface area (Å²) in [6, 6.07) is 3.47. The van der Waals surface area contributed by atoms with E-state index in [0.29, 0.717) is 0 Å². The molecule has 6 nitrogen and oxygen atoms in total. The predicted octanol–water partition coefficient (Wildman–Crippen LogP) is 0.254.